The summed E-state index contributed by atoms with van der Waals surface area (Å²) in [6, 6.07) is 11.3. The van der Waals surface area contributed by atoms with E-state index < -0.39 is 0 Å². The number of hydrogen-bond donors (Lipinski definition) is 2. The van der Waals surface area contributed by atoms with Gasteiger partial charge in [0.15, 0.2) is 0 Å². The second kappa shape index (κ2) is 6.92. The van der Waals surface area contributed by atoms with Crippen molar-refractivity contribution in [2.45, 2.75) is 6.54 Å². The molecule has 0 saturated carbocycles. The Kier molecular flexibility index (Phi) is 4.94. The van der Waals surface area contributed by atoms with Crippen molar-refractivity contribution in [3.63, 3.8) is 0 Å². The Morgan fingerprint density at radius 3 is 2.95 bits per heavy atom. The molecule has 2 aromatic rings. The predicted molar refractivity (Wildman–Crippen MR) is 77.6 cm³/mol. The highest BCUT2D eigenvalue weighted by Crippen LogP contribution is 2.16. The largest absolute Gasteiger partial charge is 0.497 e. The van der Waals surface area contributed by atoms with Gasteiger partial charge in [-0.1, -0.05) is 12.1 Å². The molecule has 0 aliphatic rings. The third-order valence-electron chi connectivity index (χ3n) is 2.52. The van der Waals surface area contributed by atoms with Crippen LogP contribution in [0.5, 0.6) is 5.75 Å². The Morgan fingerprint density at radius 2 is 2.21 bits per heavy atom. The standard InChI is InChI=1S/C14H16N2O2S/c1-18-12-5-2-4-11(8-12)16-14(17)10-15-9-13-6-3-7-19-13/h2-8,15H,9-10H2,1H3,(H,16,17). The lowest BCUT2D eigenvalue weighted by Crippen LogP contribution is -2.27. The second-order valence-corrected chi connectivity index (χ2v) is 5.00. The van der Waals surface area contributed by atoms with Gasteiger partial charge in [0.05, 0.1) is 13.7 Å². The molecule has 0 radical (unpaired) electrons. The highest BCUT2D eigenvalue weighted by molar-refractivity contribution is 7.09. The summed E-state index contributed by atoms with van der Waals surface area (Å²) < 4.78 is 5.10. The summed E-state index contributed by atoms with van der Waals surface area (Å²) in [4.78, 5) is 12.9. The number of anilines is 1. The zero-order chi connectivity index (χ0) is 13.5. The minimum atomic E-state index is -0.0650. The van der Waals surface area contributed by atoms with Gasteiger partial charge >= 0.3 is 0 Å². The highest BCUT2D eigenvalue weighted by Gasteiger charge is 2.03. The van der Waals surface area contributed by atoms with Crippen LogP contribution in [0.4, 0.5) is 5.69 Å². The maximum absolute atomic E-state index is 11.7. The smallest absolute Gasteiger partial charge is 0.238 e. The zero-order valence-corrected chi connectivity index (χ0v) is 11.5. The van der Waals surface area contributed by atoms with Gasteiger partial charge in [-0.25, -0.2) is 0 Å². The molecule has 4 nitrogen and oxygen atoms in total. The van der Waals surface area contributed by atoms with E-state index in [1.165, 1.54) is 4.88 Å². The number of amides is 1. The fourth-order valence-corrected chi connectivity index (χ4v) is 2.29. The minimum Gasteiger partial charge on any atom is -0.497 e. The normalized spacial score (nSPS) is 10.2. The Bertz CT molecular complexity index is 526. The molecule has 0 saturated heterocycles. The van der Waals surface area contributed by atoms with E-state index in [9.17, 15) is 4.79 Å². The van der Waals surface area contributed by atoms with Gasteiger partial charge in [-0.05, 0) is 23.6 Å². The molecule has 0 spiro atoms. The first kappa shape index (κ1) is 13.6. The van der Waals surface area contributed by atoms with Crippen LogP contribution in [0.15, 0.2) is 41.8 Å². The van der Waals surface area contributed by atoms with Crippen LogP contribution in [0.1, 0.15) is 4.88 Å². The second-order valence-electron chi connectivity index (χ2n) is 3.96. The first-order valence-electron chi connectivity index (χ1n) is 5.95. The lowest BCUT2D eigenvalue weighted by Gasteiger charge is -2.07. The van der Waals surface area contributed by atoms with Gasteiger partial charge in [0.25, 0.3) is 0 Å². The van der Waals surface area contributed by atoms with Crippen LogP contribution in [0.25, 0.3) is 0 Å². The molecule has 19 heavy (non-hydrogen) atoms. The molecule has 1 amide bonds. The topological polar surface area (TPSA) is 50.4 Å². The van der Waals surface area contributed by atoms with E-state index in [1.807, 2.05) is 35.7 Å². The molecule has 0 unspecified atom stereocenters. The molecule has 5 heteroatoms. The summed E-state index contributed by atoms with van der Waals surface area (Å²) in [5.41, 5.74) is 0.738. The summed E-state index contributed by atoms with van der Waals surface area (Å²) in [6.45, 7) is 0.998. The summed E-state index contributed by atoms with van der Waals surface area (Å²) in [5.74, 6) is 0.661. The van der Waals surface area contributed by atoms with Gasteiger partial charge in [0, 0.05) is 23.2 Å². The van der Waals surface area contributed by atoms with E-state index in [0.717, 1.165) is 11.4 Å². The number of ether oxygens (including phenoxy) is 1. The molecular weight excluding hydrogens is 260 g/mol. The number of rotatable bonds is 6. The summed E-state index contributed by atoms with van der Waals surface area (Å²) >= 11 is 1.67. The van der Waals surface area contributed by atoms with Gasteiger partial charge in [-0.15, -0.1) is 11.3 Å². The summed E-state index contributed by atoms with van der Waals surface area (Å²) in [5, 5.41) is 7.94. The third kappa shape index (κ3) is 4.39. The number of methoxy groups -OCH3 is 1. The minimum absolute atomic E-state index is 0.0650. The van der Waals surface area contributed by atoms with Crippen molar-refractivity contribution < 1.29 is 9.53 Å². The van der Waals surface area contributed by atoms with Crippen molar-refractivity contribution >= 4 is 22.9 Å². The van der Waals surface area contributed by atoms with E-state index in [4.69, 9.17) is 4.74 Å². The maximum Gasteiger partial charge on any atom is 0.238 e. The quantitative estimate of drug-likeness (QED) is 0.852. The molecule has 2 N–H and O–H groups in total. The number of carbonyl (C=O) groups is 1. The van der Waals surface area contributed by atoms with E-state index in [2.05, 4.69) is 10.6 Å². The van der Waals surface area contributed by atoms with Crippen LogP contribution in [0.3, 0.4) is 0 Å². The van der Waals surface area contributed by atoms with Crippen molar-refractivity contribution in [1.82, 2.24) is 5.32 Å². The van der Waals surface area contributed by atoms with Crippen molar-refractivity contribution in [2.75, 3.05) is 19.0 Å². The lowest BCUT2D eigenvalue weighted by molar-refractivity contribution is -0.115. The van der Waals surface area contributed by atoms with Crippen LogP contribution >= 0.6 is 11.3 Å². The van der Waals surface area contributed by atoms with Crippen LogP contribution in [0.2, 0.25) is 0 Å². The fraction of sp³-hybridized carbons (Fsp3) is 0.214. The van der Waals surface area contributed by atoms with Crippen molar-refractivity contribution in [3.8, 4) is 5.75 Å². The molecular formula is C14H16N2O2S. The predicted octanol–water partition coefficient (Wildman–Crippen LogP) is 2.49. The average Bonchev–Trinajstić information content (AvgIpc) is 2.92. The van der Waals surface area contributed by atoms with E-state index in [0.29, 0.717) is 6.54 Å². The summed E-state index contributed by atoms with van der Waals surface area (Å²) in [6.07, 6.45) is 0. The Balaban J connectivity index is 1.77. The molecule has 0 atom stereocenters. The summed E-state index contributed by atoms with van der Waals surface area (Å²) in [7, 11) is 1.60. The molecule has 0 bridgehead atoms. The molecule has 1 heterocycles. The van der Waals surface area contributed by atoms with Crippen LogP contribution < -0.4 is 15.4 Å². The average molecular weight is 276 g/mol. The molecule has 2 rings (SSSR count). The molecule has 0 aliphatic heterocycles. The first-order chi connectivity index (χ1) is 9.28. The van der Waals surface area contributed by atoms with Crippen LogP contribution in [0, 0.1) is 0 Å². The maximum atomic E-state index is 11.7. The van der Waals surface area contributed by atoms with Gasteiger partial charge in [0.1, 0.15) is 5.75 Å². The molecule has 1 aromatic carbocycles. The Hall–Kier alpha value is -1.85. The highest BCUT2D eigenvalue weighted by atomic mass is 32.1. The third-order valence-corrected chi connectivity index (χ3v) is 3.39. The Morgan fingerprint density at radius 1 is 1.32 bits per heavy atom. The van der Waals surface area contributed by atoms with E-state index in [-0.39, 0.29) is 12.5 Å². The lowest BCUT2D eigenvalue weighted by atomic mass is 10.3. The van der Waals surface area contributed by atoms with Crippen LogP contribution in [-0.2, 0) is 11.3 Å². The van der Waals surface area contributed by atoms with Crippen LogP contribution in [-0.4, -0.2) is 19.6 Å². The Labute approximate surface area is 116 Å². The van der Waals surface area contributed by atoms with Crippen molar-refractivity contribution in [2.24, 2.45) is 0 Å². The monoisotopic (exact) mass is 276 g/mol. The number of hydrogen-bond acceptors (Lipinski definition) is 4. The molecule has 0 fully saturated rings. The number of nitrogens with one attached hydrogen (secondary N) is 2. The fourth-order valence-electron chi connectivity index (χ4n) is 1.62. The molecule has 100 valence electrons. The van der Waals surface area contributed by atoms with E-state index >= 15 is 0 Å². The number of benzene rings is 1. The SMILES string of the molecule is COc1cccc(NC(=O)CNCc2cccs2)c1. The molecule has 0 aliphatic carbocycles. The first-order valence-corrected chi connectivity index (χ1v) is 6.83. The van der Waals surface area contributed by atoms with Gasteiger partial charge < -0.3 is 15.4 Å². The molecule has 1 aromatic heterocycles. The van der Waals surface area contributed by atoms with Gasteiger partial charge in [-0.2, -0.15) is 0 Å². The van der Waals surface area contributed by atoms with Gasteiger partial charge in [0.2, 0.25) is 5.91 Å². The van der Waals surface area contributed by atoms with Gasteiger partial charge in [-0.3, -0.25) is 4.79 Å². The number of carbonyl (C=O) groups excluding carboxylic acids is 1. The number of thiophene rings is 1. The van der Waals surface area contributed by atoms with E-state index in [1.54, 1.807) is 24.5 Å². The van der Waals surface area contributed by atoms with Crippen molar-refractivity contribution in [1.29, 1.82) is 0 Å². The zero-order valence-electron chi connectivity index (χ0n) is 10.7. The van der Waals surface area contributed by atoms with Crippen molar-refractivity contribution in [3.05, 3.63) is 46.7 Å².